The highest BCUT2D eigenvalue weighted by Gasteiger charge is 2.16. The van der Waals surface area contributed by atoms with Crippen LogP contribution in [-0.4, -0.2) is 71.6 Å². The van der Waals surface area contributed by atoms with E-state index < -0.39 is 0 Å². The highest BCUT2D eigenvalue weighted by Crippen LogP contribution is 2.29. The van der Waals surface area contributed by atoms with Crippen LogP contribution in [0.2, 0.25) is 0 Å². The number of H-pyrrole nitrogens is 1. The first-order valence-electron chi connectivity index (χ1n) is 13.1. The molecule has 208 valence electrons. The lowest BCUT2D eigenvalue weighted by Gasteiger charge is -2.26. The quantitative estimate of drug-likeness (QED) is 0.275. The molecule has 1 fully saturated rings. The van der Waals surface area contributed by atoms with Crippen molar-refractivity contribution >= 4 is 28.6 Å². The van der Waals surface area contributed by atoms with Gasteiger partial charge >= 0.3 is 5.56 Å². The molecule has 12 heteroatoms. The second-order valence-electron chi connectivity index (χ2n) is 9.13. The number of aromatic amines is 1. The van der Waals surface area contributed by atoms with Crippen molar-refractivity contribution in [2.75, 3.05) is 46.0 Å². The summed E-state index contributed by atoms with van der Waals surface area (Å²) in [4.78, 5) is 32.6. The van der Waals surface area contributed by atoms with Gasteiger partial charge in [0.15, 0.2) is 5.69 Å². The second kappa shape index (κ2) is 12.8. The lowest BCUT2D eigenvalue weighted by Crippen LogP contribution is -2.41. The molecule has 0 radical (unpaired) electrons. The van der Waals surface area contributed by atoms with Crippen LogP contribution in [0.4, 0.5) is 11.4 Å². The molecule has 0 aliphatic carbocycles. The summed E-state index contributed by atoms with van der Waals surface area (Å²) in [7, 11) is 0. The normalized spacial score (nSPS) is 14.1. The molecule has 1 saturated heterocycles. The fourth-order valence-corrected chi connectivity index (χ4v) is 5.05. The zero-order valence-corrected chi connectivity index (χ0v) is 23.2. The summed E-state index contributed by atoms with van der Waals surface area (Å²) in [6, 6.07) is 14.5. The largest absolute Gasteiger partial charge is 0.492 e. The lowest BCUT2D eigenvalue weighted by atomic mass is 10.1. The number of nitrogens with zero attached hydrogens (tertiary/aromatic N) is 5. The van der Waals surface area contributed by atoms with Gasteiger partial charge in [-0.15, -0.1) is 21.6 Å². The average Bonchev–Trinajstić information content (AvgIpc) is 3.58. The number of thiazole rings is 1. The number of aromatic nitrogens is 3. The number of hydrogen-bond acceptors (Lipinski definition) is 9. The Morgan fingerprint density at radius 2 is 1.93 bits per heavy atom. The van der Waals surface area contributed by atoms with Crippen molar-refractivity contribution in [1.29, 1.82) is 0 Å². The van der Waals surface area contributed by atoms with Crippen molar-refractivity contribution in [1.82, 2.24) is 25.0 Å². The van der Waals surface area contributed by atoms with Crippen molar-refractivity contribution < 1.29 is 14.3 Å². The van der Waals surface area contributed by atoms with Gasteiger partial charge in [0.05, 0.1) is 31.2 Å². The summed E-state index contributed by atoms with van der Waals surface area (Å²) >= 11 is 1.33. The first-order valence-corrected chi connectivity index (χ1v) is 14.0. The number of carbonyl (C=O) groups excluding carboxylic acids is 1. The van der Waals surface area contributed by atoms with E-state index in [1.54, 1.807) is 25.1 Å². The first-order chi connectivity index (χ1) is 19.5. The third kappa shape index (κ3) is 6.36. The third-order valence-electron chi connectivity index (χ3n) is 6.41. The summed E-state index contributed by atoms with van der Waals surface area (Å²) in [5, 5.41) is 16.8. The number of ether oxygens (including phenoxy) is 2. The van der Waals surface area contributed by atoms with Gasteiger partial charge in [0.2, 0.25) is 5.13 Å². The van der Waals surface area contributed by atoms with E-state index in [0.717, 1.165) is 38.4 Å². The predicted octanol–water partition coefficient (Wildman–Crippen LogP) is 4.47. The van der Waals surface area contributed by atoms with Crippen molar-refractivity contribution in [3.8, 4) is 22.1 Å². The van der Waals surface area contributed by atoms with Crippen LogP contribution in [0.25, 0.3) is 16.4 Å². The number of amides is 1. The van der Waals surface area contributed by atoms with Crippen LogP contribution >= 0.6 is 11.3 Å². The smallest absolute Gasteiger partial charge is 0.301 e. The Kier molecular flexibility index (Phi) is 8.79. The molecular weight excluding hydrogens is 530 g/mol. The van der Waals surface area contributed by atoms with E-state index >= 15 is 0 Å². The minimum Gasteiger partial charge on any atom is -0.492 e. The summed E-state index contributed by atoms with van der Waals surface area (Å²) in [6.45, 7) is 8.80. The highest BCUT2D eigenvalue weighted by molar-refractivity contribution is 7.12. The fraction of sp³-hybridized carbons (Fsp3) is 0.321. The van der Waals surface area contributed by atoms with Gasteiger partial charge in [0.25, 0.3) is 5.91 Å². The minimum absolute atomic E-state index is 0.113. The number of benzene rings is 2. The van der Waals surface area contributed by atoms with E-state index in [0.29, 0.717) is 46.7 Å². The number of azo groups is 1. The minimum atomic E-state index is -0.347. The fourth-order valence-electron chi connectivity index (χ4n) is 4.26. The molecule has 1 aliphatic rings. The van der Waals surface area contributed by atoms with Gasteiger partial charge in [-0.3, -0.25) is 19.6 Å². The van der Waals surface area contributed by atoms with E-state index in [1.165, 1.54) is 16.0 Å². The molecular formula is C28H31N7O4S. The molecule has 2 N–H and O–H groups in total. The van der Waals surface area contributed by atoms with E-state index in [4.69, 9.17) is 9.47 Å². The van der Waals surface area contributed by atoms with Gasteiger partial charge in [-0.1, -0.05) is 24.3 Å². The molecule has 1 amide bonds. The number of rotatable bonds is 10. The molecule has 4 aromatic rings. The van der Waals surface area contributed by atoms with Crippen molar-refractivity contribution in [2.24, 2.45) is 10.2 Å². The molecule has 0 unspecified atom stereocenters. The number of morpholine rings is 1. The number of para-hydroxylation sites is 1. The highest BCUT2D eigenvalue weighted by atomic mass is 32.1. The standard InChI is InChI=1S/C28H31N7O4S/c1-3-39-24-7-5-4-6-22(24)31-32-25-19(2)33-35(27(25)37)28-30-23(18-40-28)20-8-10-21(11-9-20)26(36)29-12-13-34-14-16-38-17-15-34/h4-11,18,33H,3,12-17H2,1-2H3,(H,29,36). The Morgan fingerprint density at radius 1 is 1.15 bits per heavy atom. The van der Waals surface area contributed by atoms with E-state index in [-0.39, 0.29) is 17.2 Å². The molecule has 11 nitrogen and oxygen atoms in total. The molecule has 0 bridgehead atoms. The number of hydrogen-bond donors (Lipinski definition) is 2. The van der Waals surface area contributed by atoms with E-state index in [9.17, 15) is 9.59 Å². The molecule has 2 aromatic carbocycles. The maximum atomic E-state index is 13.1. The molecule has 0 atom stereocenters. The number of nitrogens with one attached hydrogen (secondary N) is 2. The van der Waals surface area contributed by atoms with E-state index in [1.807, 2.05) is 42.6 Å². The van der Waals surface area contributed by atoms with Gasteiger partial charge in [-0.2, -0.15) is 4.68 Å². The molecule has 0 spiro atoms. The van der Waals surface area contributed by atoms with Crippen LogP contribution in [0.5, 0.6) is 5.75 Å². The maximum Gasteiger partial charge on any atom is 0.301 e. The first kappa shape index (κ1) is 27.4. The summed E-state index contributed by atoms with van der Waals surface area (Å²) in [5.41, 5.74) is 3.10. The zero-order valence-electron chi connectivity index (χ0n) is 22.4. The molecule has 2 aromatic heterocycles. The molecule has 1 aliphatic heterocycles. The van der Waals surface area contributed by atoms with Crippen LogP contribution in [0.1, 0.15) is 23.0 Å². The van der Waals surface area contributed by atoms with Crippen molar-refractivity contribution in [2.45, 2.75) is 13.8 Å². The Morgan fingerprint density at radius 3 is 2.70 bits per heavy atom. The van der Waals surface area contributed by atoms with Crippen molar-refractivity contribution in [3.63, 3.8) is 0 Å². The number of carbonyl (C=O) groups is 1. The van der Waals surface area contributed by atoms with Gasteiger partial charge in [-0.05, 0) is 38.1 Å². The molecule has 0 saturated carbocycles. The van der Waals surface area contributed by atoms with Crippen LogP contribution in [-0.2, 0) is 4.74 Å². The predicted molar refractivity (Wildman–Crippen MR) is 154 cm³/mol. The van der Waals surface area contributed by atoms with Gasteiger partial charge in [0, 0.05) is 42.7 Å². The topological polar surface area (TPSA) is 126 Å². The second-order valence-corrected chi connectivity index (χ2v) is 9.97. The summed E-state index contributed by atoms with van der Waals surface area (Å²) in [6.07, 6.45) is 0. The molecule has 40 heavy (non-hydrogen) atoms. The van der Waals surface area contributed by atoms with Crippen molar-refractivity contribution in [3.05, 3.63) is 75.5 Å². The number of aryl methyl sites for hydroxylation is 1. The lowest BCUT2D eigenvalue weighted by molar-refractivity contribution is 0.0383. The molecule has 5 rings (SSSR count). The van der Waals surface area contributed by atoms with Gasteiger partial charge < -0.3 is 14.8 Å². The van der Waals surface area contributed by atoms with Gasteiger partial charge in [0.1, 0.15) is 11.4 Å². The SMILES string of the molecule is CCOc1ccccc1N=Nc1c(C)[nH]n(-c2nc(-c3ccc(C(=O)NCCN4CCOCC4)cc3)cs2)c1=O. The van der Waals surface area contributed by atoms with Crippen LogP contribution in [0.3, 0.4) is 0 Å². The van der Waals surface area contributed by atoms with Crippen LogP contribution in [0.15, 0.2) is 68.9 Å². The average molecular weight is 562 g/mol. The Bertz CT molecular complexity index is 1530. The maximum absolute atomic E-state index is 13.1. The third-order valence-corrected chi connectivity index (χ3v) is 7.23. The van der Waals surface area contributed by atoms with Gasteiger partial charge in [-0.25, -0.2) is 4.98 Å². The summed E-state index contributed by atoms with van der Waals surface area (Å²) in [5.74, 6) is 0.487. The molecule has 3 heterocycles. The van der Waals surface area contributed by atoms with Crippen LogP contribution < -0.4 is 15.6 Å². The Labute approximate surface area is 235 Å². The Hall–Kier alpha value is -4.13. The monoisotopic (exact) mass is 561 g/mol. The zero-order chi connectivity index (χ0) is 27.9. The van der Waals surface area contributed by atoms with Crippen LogP contribution in [0, 0.1) is 6.92 Å². The van der Waals surface area contributed by atoms with E-state index in [2.05, 4.69) is 30.5 Å². The summed E-state index contributed by atoms with van der Waals surface area (Å²) < 4.78 is 12.3. The Balaban J connectivity index is 1.25.